The molecule has 0 aromatic carbocycles. The van der Waals surface area contributed by atoms with E-state index in [-0.39, 0.29) is 5.78 Å². The van der Waals surface area contributed by atoms with Crippen molar-refractivity contribution in [2.75, 3.05) is 7.11 Å². The summed E-state index contributed by atoms with van der Waals surface area (Å²) in [5, 5.41) is 0. The van der Waals surface area contributed by atoms with Gasteiger partial charge in [0.1, 0.15) is 0 Å². The summed E-state index contributed by atoms with van der Waals surface area (Å²) in [6.45, 7) is 1.95. The Morgan fingerprint density at radius 2 is 2.10 bits per heavy atom. The van der Waals surface area contributed by atoms with Gasteiger partial charge in [-0.3, -0.25) is 4.79 Å². The molecule has 0 aliphatic heterocycles. The molecule has 0 aromatic rings. The fraction of sp³-hybridized carbons (Fsp3) is 0.625. The third kappa shape index (κ3) is 1.20. The Morgan fingerprint density at radius 1 is 1.40 bits per heavy atom. The van der Waals surface area contributed by atoms with Gasteiger partial charge in [-0.1, -0.05) is 0 Å². The smallest absolute Gasteiger partial charge is 0.197 e. The van der Waals surface area contributed by atoms with Crippen molar-refractivity contribution in [2.45, 2.75) is 26.2 Å². The lowest BCUT2D eigenvalue weighted by atomic mass is 9.98. The first-order valence-corrected chi connectivity index (χ1v) is 3.52. The van der Waals surface area contributed by atoms with Gasteiger partial charge in [-0.2, -0.15) is 0 Å². The minimum atomic E-state index is 0.159. The molecule has 10 heavy (non-hydrogen) atoms. The molecule has 0 fully saturated rings. The third-order valence-corrected chi connectivity index (χ3v) is 1.80. The van der Waals surface area contributed by atoms with Gasteiger partial charge in [0, 0.05) is 6.42 Å². The van der Waals surface area contributed by atoms with E-state index in [1.165, 1.54) is 0 Å². The molecule has 2 nitrogen and oxygen atoms in total. The zero-order valence-corrected chi connectivity index (χ0v) is 6.44. The van der Waals surface area contributed by atoms with E-state index in [9.17, 15) is 4.79 Å². The van der Waals surface area contributed by atoms with Crippen LogP contribution in [0, 0.1) is 0 Å². The quantitative estimate of drug-likeness (QED) is 0.553. The number of methoxy groups -OCH3 is 1. The molecule has 0 N–H and O–H groups in total. The molecular formula is C8H12O2. The Kier molecular flexibility index (Phi) is 2.10. The van der Waals surface area contributed by atoms with Gasteiger partial charge in [-0.15, -0.1) is 0 Å². The fourth-order valence-corrected chi connectivity index (χ4v) is 1.27. The van der Waals surface area contributed by atoms with Crippen LogP contribution in [-0.2, 0) is 9.53 Å². The van der Waals surface area contributed by atoms with E-state index in [2.05, 4.69) is 0 Å². The second-order valence-electron chi connectivity index (χ2n) is 2.59. The fourth-order valence-electron chi connectivity index (χ4n) is 1.27. The van der Waals surface area contributed by atoms with E-state index in [1.54, 1.807) is 7.11 Å². The van der Waals surface area contributed by atoms with E-state index in [1.807, 2.05) is 6.92 Å². The summed E-state index contributed by atoms with van der Waals surface area (Å²) >= 11 is 0. The van der Waals surface area contributed by atoms with Crippen LogP contribution in [0.5, 0.6) is 0 Å². The summed E-state index contributed by atoms with van der Waals surface area (Å²) in [5.74, 6) is 0.748. The van der Waals surface area contributed by atoms with Gasteiger partial charge in [0.15, 0.2) is 11.5 Å². The normalized spacial score (nSPS) is 19.6. The van der Waals surface area contributed by atoms with Crippen molar-refractivity contribution in [1.29, 1.82) is 0 Å². The molecule has 0 spiro atoms. The van der Waals surface area contributed by atoms with E-state index in [4.69, 9.17) is 4.74 Å². The van der Waals surface area contributed by atoms with Gasteiger partial charge in [0.2, 0.25) is 0 Å². The average molecular weight is 140 g/mol. The first-order valence-electron chi connectivity index (χ1n) is 3.52. The Morgan fingerprint density at radius 3 is 2.50 bits per heavy atom. The van der Waals surface area contributed by atoms with Gasteiger partial charge in [0.05, 0.1) is 7.11 Å². The molecule has 0 atom stereocenters. The SMILES string of the molecule is COC1=C(C)CCCC1=O. The topological polar surface area (TPSA) is 26.3 Å². The number of hydrogen-bond acceptors (Lipinski definition) is 2. The van der Waals surface area contributed by atoms with Crippen molar-refractivity contribution in [1.82, 2.24) is 0 Å². The van der Waals surface area contributed by atoms with Crippen molar-refractivity contribution >= 4 is 5.78 Å². The van der Waals surface area contributed by atoms with Crippen LogP contribution in [0.3, 0.4) is 0 Å². The molecule has 0 saturated carbocycles. The number of ketones is 1. The molecule has 0 bridgehead atoms. The highest BCUT2D eigenvalue weighted by Gasteiger charge is 2.17. The predicted octanol–water partition coefficient (Wildman–Crippen LogP) is 1.66. The standard InChI is InChI=1S/C8H12O2/c1-6-4-3-5-7(9)8(6)10-2/h3-5H2,1-2H3. The van der Waals surface area contributed by atoms with E-state index in [0.717, 1.165) is 18.4 Å². The summed E-state index contributed by atoms with van der Waals surface area (Å²) in [4.78, 5) is 11.1. The average Bonchev–Trinajstić information content (AvgIpc) is 1.88. The summed E-state index contributed by atoms with van der Waals surface area (Å²) in [6, 6.07) is 0. The Bertz CT molecular complexity index is 180. The summed E-state index contributed by atoms with van der Waals surface area (Å²) < 4.78 is 4.95. The lowest BCUT2D eigenvalue weighted by molar-refractivity contribution is -0.119. The van der Waals surface area contributed by atoms with Crippen molar-refractivity contribution in [3.8, 4) is 0 Å². The van der Waals surface area contributed by atoms with Crippen LogP contribution in [0.2, 0.25) is 0 Å². The Labute approximate surface area is 60.9 Å². The molecule has 1 aliphatic rings. The lowest BCUT2D eigenvalue weighted by Crippen LogP contribution is -2.11. The molecule has 56 valence electrons. The van der Waals surface area contributed by atoms with Crippen molar-refractivity contribution in [3.05, 3.63) is 11.3 Å². The molecular weight excluding hydrogens is 128 g/mol. The largest absolute Gasteiger partial charge is 0.493 e. The molecule has 1 aliphatic carbocycles. The molecule has 2 heteroatoms. The van der Waals surface area contributed by atoms with Gasteiger partial charge < -0.3 is 4.74 Å². The summed E-state index contributed by atoms with van der Waals surface area (Å²) in [7, 11) is 1.56. The Balaban J connectivity index is 2.84. The van der Waals surface area contributed by atoms with Crippen LogP contribution in [0.1, 0.15) is 26.2 Å². The van der Waals surface area contributed by atoms with Crippen molar-refractivity contribution in [3.63, 3.8) is 0 Å². The lowest BCUT2D eigenvalue weighted by Gasteiger charge is -2.14. The van der Waals surface area contributed by atoms with Gasteiger partial charge in [-0.05, 0) is 25.3 Å². The first-order chi connectivity index (χ1) is 4.75. The second kappa shape index (κ2) is 2.86. The summed E-state index contributed by atoms with van der Waals surface area (Å²) in [6.07, 6.45) is 2.65. The van der Waals surface area contributed by atoms with Crippen molar-refractivity contribution < 1.29 is 9.53 Å². The number of Topliss-reactive ketones (excluding diaryl/α,β-unsaturated/α-hetero) is 1. The maximum Gasteiger partial charge on any atom is 0.197 e. The van der Waals surface area contributed by atoms with Crippen LogP contribution >= 0.6 is 0 Å². The number of ether oxygens (including phenoxy) is 1. The van der Waals surface area contributed by atoms with E-state index >= 15 is 0 Å². The monoisotopic (exact) mass is 140 g/mol. The minimum absolute atomic E-state index is 0.159. The predicted molar refractivity (Wildman–Crippen MR) is 38.6 cm³/mol. The van der Waals surface area contributed by atoms with Gasteiger partial charge >= 0.3 is 0 Å². The summed E-state index contributed by atoms with van der Waals surface area (Å²) in [5.41, 5.74) is 1.10. The van der Waals surface area contributed by atoms with Crippen LogP contribution < -0.4 is 0 Å². The molecule has 0 aromatic heterocycles. The third-order valence-electron chi connectivity index (χ3n) is 1.80. The molecule has 0 heterocycles. The number of hydrogen-bond donors (Lipinski definition) is 0. The molecule has 1 rings (SSSR count). The number of rotatable bonds is 1. The molecule has 0 saturated heterocycles. The molecule has 0 radical (unpaired) electrons. The van der Waals surface area contributed by atoms with Gasteiger partial charge in [-0.25, -0.2) is 0 Å². The van der Waals surface area contributed by atoms with Crippen LogP contribution in [-0.4, -0.2) is 12.9 Å². The van der Waals surface area contributed by atoms with E-state index < -0.39 is 0 Å². The highest BCUT2D eigenvalue weighted by molar-refractivity contribution is 5.94. The Hall–Kier alpha value is -0.790. The maximum absolute atomic E-state index is 11.1. The van der Waals surface area contributed by atoms with Crippen molar-refractivity contribution in [2.24, 2.45) is 0 Å². The minimum Gasteiger partial charge on any atom is -0.493 e. The van der Waals surface area contributed by atoms with Crippen LogP contribution in [0.25, 0.3) is 0 Å². The zero-order chi connectivity index (χ0) is 7.56. The van der Waals surface area contributed by atoms with E-state index in [0.29, 0.717) is 12.2 Å². The second-order valence-corrected chi connectivity index (χ2v) is 2.59. The highest BCUT2D eigenvalue weighted by Crippen LogP contribution is 2.21. The molecule has 0 unspecified atom stereocenters. The maximum atomic E-state index is 11.1. The number of carbonyl (C=O) groups excluding carboxylic acids is 1. The van der Waals surface area contributed by atoms with Crippen LogP contribution in [0.4, 0.5) is 0 Å². The highest BCUT2D eigenvalue weighted by atomic mass is 16.5. The number of carbonyl (C=O) groups is 1. The zero-order valence-electron chi connectivity index (χ0n) is 6.44. The number of allylic oxidation sites excluding steroid dienone is 2. The van der Waals surface area contributed by atoms with Crippen LogP contribution in [0.15, 0.2) is 11.3 Å². The molecule has 0 amide bonds. The first kappa shape index (κ1) is 7.32. The van der Waals surface area contributed by atoms with Gasteiger partial charge in [0.25, 0.3) is 0 Å².